The summed E-state index contributed by atoms with van der Waals surface area (Å²) in [7, 11) is 0. The number of carbonyl (C=O) groups excluding carboxylic acids is 4. The first kappa shape index (κ1) is 114. The lowest BCUT2D eigenvalue weighted by Crippen LogP contribution is -2.71. The molecule has 42 nitrogen and oxygen atoms in total. The van der Waals surface area contributed by atoms with Gasteiger partial charge in [0.1, 0.15) is 128 Å². The summed E-state index contributed by atoms with van der Waals surface area (Å²) in [5, 5.41) is 245. The first-order valence-electron chi connectivity index (χ1n) is 46.8. The number of ether oxygens (including phenoxy) is 12. The van der Waals surface area contributed by atoms with E-state index in [1.54, 1.807) is 0 Å². The second-order valence-corrected chi connectivity index (χ2v) is 35.7. The van der Waals surface area contributed by atoms with Crippen molar-refractivity contribution >= 4 is 35.4 Å². The van der Waals surface area contributed by atoms with Crippen molar-refractivity contribution in [3.63, 3.8) is 0 Å². The number of hydrogen-bond acceptors (Lipinski definition) is 37. The molecule has 34 atom stereocenters. The highest BCUT2D eigenvalue weighted by Gasteiger charge is 2.64. The Kier molecular flexibility index (Phi) is 51.4. The molecule has 0 bridgehead atoms. The molecule has 3 amide bonds. The largest absolute Gasteiger partial charge is 0.477 e. The number of aliphatic carboxylic acids is 2. The third-order valence-corrected chi connectivity index (χ3v) is 25.2. The minimum atomic E-state index is -3.48. The van der Waals surface area contributed by atoms with E-state index >= 15 is 0 Å². The molecule has 6 fully saturated rings. The van der Waals surface area contributed by atoms with Crippen LogP contribution in [-0.4, -0.2) is 390 Å². The zero-order chi connectivity index (χ0) is 95.2. The van der Waals surface area contributed by atoms with Crippen LogP contribution in [0, 0.1) is 5.92 Å². The number of aliphatic hydroxyl groups is 19. The minimum Gasteiger partial charge on any atom is -0.477 e. The Morgan fingerprint density at radius 2 is 0.752 bits per heavy atom. The number of carbonyl (C=O) groups is 6. The second-order valence-electron chi connectivity index (χ2n) is 35.7. The lowest BCUT2D eigenvalue weighted by molar-refractivity contribution is -0.408. The third kappa shape index (κ3) is 33.9. The lowest BCUT2D eigenvalue weighted by atomic mass is 9.86. The fourth-order valence-corrected chi connectivity index (χ4v) is 17.8. The van der Waals surface area contributed by atoms with Gasteiger partial charge in [-0.3, -0.25) is 14.4 Å². The number of ketones is 1. The minimum absolute atomic E-state index is 0.122. The van der Waals surface area contributed by atoms with E-state index < -0.39 is 302 Å². The van der Waals surface area contributed by atoms with Crippen LogP contribution in [0.4, 0.5) is 0 Å². The Bertz CT molecular complexity index is 3180. The molecule has 6 aliphatic rings. The summed E-state index contributed by atoms with van der Waals surface area (Å²) in [6, 6.07) is -4.68. The molecule has 0 radical (unpaired) electrons. The van der Waals surface area contributed by atoms with Gasteiger partial charge in [0, 0.05) is 45.4 Å². The van der Waals surface area contributed by atoms with E-state index in [-0.39, 0.29) is 18.7 Å². The zero-order valence-electron chi connectivity index (χ0n) is 75.4. The van der Waals surface area contributed by atoms with Crippen molar-refractivity contribution < 1.29 is 193 Å². The average molecular weight is 1870 g/mol. The first-order valence-corrected chi connectivity index (χ1v) is 46.8. The summed E-state index contributed by atoms with van der Waals surface area (Å²) in [6.07, 6.45) is -31.2. The Hall–Kier alpha value is -4.22. The number of rotatable bonds is 63. The van der Waals surface area contributed by atoms with Crippen molar-refractivity contribution in [3.05, 3.63) is 0 Å². The number of carboxylic acids is 2. The maximum atomic E-state index is 14.1. The average Bonchev–Trinajstić information content (AvgIpc) is 0.746. The summed E-state index contributed by atoms with van der Waals surface area (Å²) < 4.78 is 72.8. The van der Waals surface area contributed by atoms with Crippen LogP contribution < -0.4 is 16.0 Å². The van der Waals surface area contributed by atoms with Gasteiger partial charge in [0.15, 0.2) is 25.2 Å². The lowest BCUT2D eigenvalue weighted by Gasteiger charge is -2.53. The van der Waals surface area contributed by atoms with Gasteiger partial charge in [0.05, 0.1) is 88.8 Å². The highest BCUT2D eigenvalue weighted by atomic mass is 16.8. The van der Waals surface area contributed by atoms with E-state index in [1.807, 2.05) is 0 Å². The zero-order valence-corrected chi connectivity index (χ0v) is 75.4. The molecular weight excluding hydrogens is 1710 g/mol. The van der Waals surface area contributed by atoms with Crippen LogP contribution in [0.2, 0.25) is 0 Å². The quantitative estimate of drug-likeness (QED) is 0.0300. The summed E-state index contributed by atoms with van der Waals surface area (Å²) >= 11 is 0. The van der Waals surface area contributed by atoms with E-state index in [9.17, 15) is 136 Å². The fraction of sp³-hybridized carbons (Fsp3) is 0.931. The van der Waals surface area contributed by atoms with E-state index in [1.165, 1.54) is 116 Å². The molecule has 0 aromatic heterocycles. The topological polar surface area (TPSA) is 674 Å². The molecule has 34 unspecified atom stereocenters. The van der Waals surface area contributed by atoms with Gasteiger partial charge >= 0.3 is 11.9 Å². The monoisotopic (exact) mass is 1870 g/mol. The fourth-order valence-electron chi connectivity index (χ4n) is 17.8. The van der Waals surface area contributed by atoms with Gasteiger partial charge in [-0.2, -0.15) is 0 Å². The molecule has 0 spiro atoms. The van der Waals surface area contributed by atoms with Crippen LogP contribution in [0.3, 0.4) is 0 Å². The van der Waals surface area contributed by atoms with Crippen molar-refractivity contribution in [1.29, 1.82) is 0 Å². The first-order chi connectivity index (χ1) is 61.6. The Morgan fingerprint density at radius 1 is 0.395 bits per heavy atom. The number of aliphatic hydroxyl groups excluding tert-OH is 19. The number of nitrogens with one attached hydrogen (secondary N) is 3. The van der Waals surface area contributed by atoms with E-state index in [0.29, 0.717) is 12.8 Å². The van der Waals surface area contributed by atoms with Crippen molar-refractivity contribution in [1.82, 2.24) is 16.0 Å². The van der Waals surface area contributed by atoms with Crippen LogP contribution in [0.15, 0.2) is 0 Å². The molecule has 752 valence electrons. The van der Waals surface area contributed by atoms with Crippen molar-refractivity contribution in [2.24, 2.45) is 5.92 Å². The van der Waals surface area contributed by atoms with Gasteiger partial charge in [0.25, 0.3) is 11.6 Å². The molecule has 0 aliphatic carbocycles. The van der Waals surface area contributed by atoms with Crippen LogP contribution in [0.1, 0.15) is 259 Å². The van der Waals surface area contributed by atoms with Crippen molar-refractivity contribution in [2.75, 3.05) is 46.2 Å². The smallest absolute Gasteiger partial charge is 0.364 e. The Balaban J connectivity index is 1.28. The second kappa shape index (κ2) is 58.4. The van der Waals surface area contributed by atoms with Gasteiger partial charge in [-0.1, -0.05) is 200 Å². The Morgan fingerprint density at radius 3 is 1.16 bits per heavy atom. The number of Topliss-reactive ketones (excluding diaryl/α,β-unsaturated/α-hetero) is 1. The van der Waals surface area contributed by atoms with Crippen molar-refractivity contribution in [3.8, 4) is 0 Å². The van der Waals surface area contributed by atoms with Gasteiger partial charge in [-0.25, -0.2) is 9.59 Å². The van der Waals surface area contributed by atoms with E-state index in [0.717, 1.165) is 85.0 Å². The molecule has 6 aliphatic heterocycles. The summed E-state index contributed by atoms with van der Waals surface area (Å²) in [5.74, 6) is -16.0. The molecule has 24 N–H and O–H groups in total. The van der Waals surface area contributed by atoms with Crippen LogP contribution in [0.25, 0.3) is 0 Å². The standard InChI is InChI=1S/C87H155N3O39/c1-6-8-10-12-14-16-18-20-21-22-23-25-27-29-31-33-35-37-62(105)90-52(53(100)36-34-32-30-28-26-24-19-17-15-13-11-9-7-2)47-118-81-70(111)69(110)74(60(45-95)121-81)124-83-72(113)79(129-87(85(116)117)40-55(102)64(89-50(5)99)77(127-87)66(107)57(104)42-92)75(61(46-96)122-83)125-80-51(38-48(3)97)73(67(108)58(43-93)119-80)123-82-71(112)78(68(109)59(44-94)120-82)128-86(84(114)115)39-54(101)63(88-49(4)98)76(126-86)65(106)56(103)41-91/h51-61,63-83,91-96,100-104,106-113H,6-47H2,1-5H3,(H,88,98)(H,89,99)(H,90,105)(H,114,115)(H,116,117). The summed E-state index contributed by atoms with van der Waals surface area (Å²) in [6.45, 7) is -0.526. The molecule has 0 saturated carbocycles. The Labute approximate surface area is 754 Å². The van der Waals surface area contributed by atoms with Gasteiger partial charge in [0.2, 0.25) is 17.7 Å². The normalized spacial score (nSPS) is 34.7. The number of unbranched alkanes of at least 4 members (excludes halogenated alkanes) is 28. The van der Waals surface area contributed by atoms with Crippen LogP contribution in [-0.2, 0) is 85.6 Å². The highest BCUT2D eigenvalue weighted by molar-refractivity contribution is 5.78. The number of amides is 3. The van der Waals surface area contributed by atoms with E-state index in [4.69, 9.17) is 56.8 Å². The molecule has 6 saturated heterocycles. The summed E-state index contributed by atoms with van der Waals surface area (Å²) in [5.41, 5.74) is 0. The predicted molar refractivity (Wildman–Crippen MR) is 450 cm³/mol. The van der Waals surface area contributed by atoms with Gasteiger partial charge < -0.3 is 185 Å². The maximum absolute atomic E-state index is 14.1. The molecule has 129 heavy (non-hydrogen) atoms. The summed E-state index contributed by atoms with van der Waals surface area (Å²) in [4.78, 5) is 79.8. The highest BCUT2D eigenvalue weighted by Crippen LogP contribution is 2.44. The van der Waals surface area contributed by atoms with Gasteiger partial charge in [-0.15, -0.1) is 0 Å². The van der Waals surface area contributed by atoms with E-state index in [2.05, 4.69) is 29.8 Å². The van der Waals surface area contributed by atoms with Crippen LogP contribution in [0.5, 0.6) is 0 Å². The molecular formula is C87H155N3O39. The predicted octanol–water partition coefficient (Wildman–Crippen LogP) is -1.77. The third-order valence-electron chi connectivity index (χ3n) is 25.2. The maximum Gasteiger partial charge on any atom is 0.364 e. The van der Waals surface area contributed by atoms with Crippen molar-refractivity contribution in [2.45, 2.75) is 461 Å². The number of hydrogen-bond donors (Lipinski definition) is 24. The van der Waals surface area contributed by atoms with Gasteiger partial charge in [-0.05, 0) is 19.8 Å². The molecule has 6 heterocycles. The molecule has 6 rings (SSSR count). The molecule has 0 aromatic rings. The SMILES string of the molecule is CCCCCCCCCCCCCCCCCCCC(=O)NC(COC1OC(CO)C(OC2OC(CO)C(OC3OC(CO)C(O)C(OC4OC(CO)C(O)C(OC5(C(=O)O)CC(O)C(NC(C)=O)C(C(O)C(O)CO)O5)C4O)C3CC(C)=O)C(OC3(C(=O)O)CC(O)C(NC(C)=O)C(C(O)C(O)CO)O3)C2O)C(O)C1O)C(O)CCCCCCCCCCCCCCC. The molecule has 0 aromatic carbocycles. The number of carboxylic acid groups (broad SMARTS) is 2. The molecule has 42 heteroatoms. The van der Waals surface area contributed by atoms with Crippen LogP contribution >= 0.6 is 0 Å².